The quantitative estimate of drug-likeness (QED) is 0.449. The van der Waals surface area contributed by atoms with Crippen molar-refractivity contribution in [3.8, 4) is 0 Å². The smallest absolute Gasteiger partial charge is 0.267 e. The van der Waals surface area contributed by atoms with Crippen molar-refractivity contribution in [2.24, 2.45) is 5.10 Å². The first kappa shape index (κ1) is 15.3. The van der Waals surface area contributed by atoms with E-state index < -0.39 is 0 Å². The number of nitrogens with zero attached hydrogens (tertiary/aromatic N) is 1. The van der Waals surface area contributed by atoms with E-state index >= 15 is 0 Å². The summed E-state index contributed by atoms with van der Waals surface area (Å²) in [6.07, 6.45) is 1.48. The molecule has 0 aliphatic rings. The van der Waals surface area contributed by atoms with Crippen LogP contribution in [0.2, 0.25) is 10.0 Å². The lowest BCUT2D eigenvalue weighted by Crippen LogP contribution is -2.18. The van der Waals surface area contributed by atoms with Gasteiger partial charge in [-0.3, -0.25) is 4.79 Å². The van der Waals surface area contributed by atoms with E-state index in [1.54, 1.807) is 30.3 Å². The van der Waals surface area contributed by atoms with Crippen LogP contribution in [0.3, 0.4) is 0 Å². The number of amides is 1. The number of hydrazone groups is 1. The highest BCUT2D eigenvalue weighted by molar-refractivity contribution is 14.1. The van der Waals surface area contributed by atoms with Gasteiger partial charge >= 0.3 is 0 Å². The molecule has 2 aromatic carbocycles. The van der Waals surface area contributed by atoms with Crippen molar-refractivity contribution in [1.29, 1.82) is 0 Å². The van der Waals surface area contributed by atoms with Crippen molar-refractivity contribution in [3.05, 3.63) is 67.2 Å². The molecule has 0 aromatic heterocycles. The number of carbonyl (C=O) groups excluding carboxylic acids is 1. The maximum absolute atomic E-state index is 11.9. The van der Waals surface area contributed by atoms with E-state index in [1.807, 2.05) is 12.1 Å². The molecule has 0 fully saturated rings. The van der Waals surface area contributed by atoms with Crippen LogP contribution >= 0.6 is 45.8 Å². The zero-order valence-electron chi connectivity index (χ0n) is 10.1. The Hall–Kier alpha value is -1.11. The molecular weight excluding hydrogens is 410 g/mol. The first-order chi connectivity index (χ1) is 9.58. The third-order valence-corrected chi connectivity index (χ3v) is 3.95. The minimum atomic E-state index is -0.267. The lowest BCUT2D eigenvalue weighted by molar-refractivity contribution is 0.0954. The van der Waals surface area contributed by atoms with Crippen molar-refractivity contribution in [2.75, 3.05) is 0 Å². The fourth-order valence-electron chi connectivity index (χ4n) is 1.47. The number of hydrogen-bond acceptors (Lipinski definition) is 2. The molecule has 0 atom stereocenters. The van der Waals surface area contributed by atoms with Gasteiger partial charge in [-0.25, -0.2) is 5.43 Å². The summed E-state index contributed by atoms with van der Waals surface area (Å²) in [4.78, 5) is 11.9. The van der Waals surface area contributed by atoms with Gasteiger partial charge in [0.2, 0.25) is 0 Å². The summed E-state index contributed by atoms with van der Waals surface area (Å²) in [7, 11) is 0. The first-order valence-electron chi connectivity index (χ1n) is 5.61. The highest BCUT2D eigenvalue weighted by Crippen LogP contribution is 2.19. The Morgan fingerprint density at radius 1 is 1.20 bits per heavy atom. The summed E-state index contributed by atoms with van der Waals surface area (Å²) in [5, 5.41) is 4.92. The molecular formula is C14H9Cl2IN2O. The second-order valence-electron chi connectivity index (χ2n) is 3.84. The third kappa shape index (κ3) is 3.94. The molecule has 0 radical (unpaired) electrons. The second kappa shape index (κ2) is 7.06. The Kier molecular flexibility index (Phi) is 5.39. The normalized spacial score (nSPS) is 10.8. The molecule has 3 nitrogen and oxygen atoms in total. The van der Waals surface area contributed by atoms with Crippen LogP contribution in [0.25, 0.3) is 0 Å². The summed E-state index contributed by atoms with van der Waals surface area (Å²) in [5.41, 5.74) is 3.72. The number of hydrogen-bond donors (Lipinski definition) is 1. The maximum Gasteiger partial charge on any atom is 0.272 e. The van der Waals surface area contributed by atoms with Crippen LogP contribution in [0.15, 0.2) is 47.6 Å². The summed E-state index contributed by atoms with van der Waals surface area (Å²) >= 11 is 13.9. The van der Waals surface area contributed by atoms with Crippen LogP contribution in [-0.2, 0) is 0 Å². The SMILES string of the molecule is O=C(NN=Cc1ccc(Cl)cc1Cl)c1ccccc1I. The van der Waals surface area contributed by atoms with Gasteiger partial charge in [0.15, 0.2) is 0 Å². The minimum absolute atomic E-state index is 0.267. The van der Waals surface area contributed by atoms with E-state index in [0.29, 0.717) is 21.2 Å². The molecule has 0 aliphatic carbocycles. The fourth-order valence-corrected chi connectivity index (χ4v) is 2.56. The molecule has 0 saturated heterocycles. The average Bonchev–Trinajstić information content (AvgIpc) is 2.41. The van der Waals surface area contributed by atoms with Gasteiger partial charge in [-0.05, 0) is 46.9 Å². The van der Waals surface area contributed by atoms with Gasteiger partial charge in [-0.1, -0.05) is 41.4 Å². The molecule has 20 heavy (non-hydrogen) atoms. The number of halogens is 3. The Morgan fingerprint density at radius 3 is 2.65 bits per heavy atom. The Labute approximate surface area is 140 Å². The van der Waals surface area contributed by atoms with Crippen LogP contribution in [0.5, 0.6) is 0 Å². The van der Waals surface area contributed by atoms with Gasteiger partial charge < -0.3 is 0 Å². The summed E-state index contributed by atoms with van der Waals surface area (Å²) < 4.78 is 0.863. The van der Waals surface area contributed by atoms with E-state index in [1.165, 1.54) is 6.21 Å². The van der Waals surface area contributed by atoms with Crippen molar-refractivity contribution >= 4 is 57.9 Å². The highest BCUT2D eigenvalue weighted by atomic mass is 127. The monoisotopic (exact) mass is 418 g/mol. The lowest BCUT2D eigenvalue weighted by Gasteiger charge is -2.02. The minimum Gasteiger partial charge on any atom is -0.267 e. The van der Waals surface area contributed by atoms with Crippen LogP contribution in [0.4, 0.5) is 0 Å². The average molecular weight is 419 g/mol. The molecule has 0 unspecified atom stereocenters. The van der Waals surface area contributed by atoms with Crippen LogP contribution in [-0.4, -0.2) is 12.1 Å². The maximum atomic E-state index is 11.9. The van der Waals surface area contributed by atoms with Crippen molar-refractivity contribution < 1.29 is 4.79 Å². The Morgan fingerprint density at radius 2 is 1.95 bits per heavy atom. The van der Waals surface area contributed by atoms with Gasteiger partial charge in [0.05, 0.1) is 16.8 Å². The number of rotatable bonds is 3. The van der Waals surface area contributed by atoms with Gasteiger partial charge in [0.1, 0.15) is 0 Å². The second-order valence-corrected chi connectivity index (χ2v) is 5.85. The number of carbonyl (C=O) groups is 1. The zero-order chi connectivity index (χ0) is 14.5. The van der Waals surface area contributed by atoms with Gasteiger partial charge in [-0.15, -0.1) is 0 Å². The topological polar surface area (TPSA) is 41.5 Å². The molecule has 102 valence electrons. The molecule has 2 aromatic rings. The summed E-state index contributed by atoms with van der Waals surface area (Å²) in [5.74, 6) is -0.267. The highest BCUT2D eigenvalue weighted by Gasteiger charge is 2.07. The molecule has 0 aliphatic heterocycles. The summed E-state index contributed by atoms with van der Waals surface area (Å²) in [6, 6.07) is 12.3. The van der Waals surface area contributed by atoms with Gasteiger partial charge in [0, 0.05) is 14.2 Å². The van der Waals surface area contributed by atoms with E-state index in [0.717, 1.165) is 3.57 Å². The molecule has 0 bridgehead atoms. The van der Waals surface area contributed by atoms with E-state index in [9.17, 15) is 4.79 Å². The third-order valence-electron chi connectivity index (χ3n) is 2.45. The van der Waals surface area contributed by atoms with Crippen LogP contribution < -0.4 is 5.43 Å². The molecule has 1 N–H and O–H groups in total. The van der Waals surface area contributed by atoms with Crippen molar-refractivity contribution in [2.45, 2.75) is 0 Å². The Balaban J connectivity index is 2.07. The van der Waals surface area contributed by atoms with E-state index in [-0.39, 0.29) is 5.91 Å². The van der Waals surface area contributed by atoms with Crippen molar-refractivity contribution in [1.82, 2.24) is 5.43 Å². The van der Waals surface area contributed by atoms with E-state index in [4.69, 9.17) is 23.2 Å². The zero-order valence-corrected chi connectivity index (χ0v) is 13.8. The summed E-state index contributed by atoms with van der Waals surface area (Å²) in [6.45, 7) is 0. The predicted octanol–water partition coefficient (Wildman–Crippen LogP) is 4.36. The molecule has 0 heterocycles. The lowest BCUT2D eigenvalue weighted by atomic mass is 10.2. The molecule has 0 saturated carbocycles. The van der Waals surface area contributed by atoms with Gasteiger partial charge in [-0.2, -0.15) is 5.10 Å². The van der Waals surface area contributed by atoms with Crippen LogP contribution in [0, 0.1) is 3.57 Å². The molecule has 2 rings (SSSR count). The number of benzene rings is 2. The molecule has 1 amide bonds. The molecule has 6 heteroatoms. The first-order valence-corrected chi connectivity index (χ1v) is 7.44. The van der Waals surface area contributed by atoms with Crippen molar-refractivity contribution in [3.63, 3.8) is 0 Å². The number of nitrogens with one attached hydrogen (secondary N) is 1. The largest absolute Gasteiger partial charge is 0.272 e. The van der Waals surface area contributed by atoms with E-state index in [2.05, 4.69) is 33.1 Å². The predicted molar refractivity (Wildman–Crippen MR) is 90.7 cm³/mol. The Bertz CT molecular complexity index is 674. The van der Waals surface area contributed by atoms with Crippen LogP contribution in [0.1, 0.15) is 15.9 Å². The molecule has 0 spiro atoms. The standard InChI is InChI=1S/C14H9Cl2IN2O/c15-10-6-5-9(12(16)7-10)8-18-19-14(20)11-3-1-2-4-13(11)17/h1-8H,(H,19,20). The fraction of sp³-hybridized carbons (Fsp3) is 0. The van der Waals surface area contributed by atoms with Gasteiger partial charge in [0.25, 0.3) is 5.91 Å².